The molecule has 1 heterocycles. The van der Waals surface area contributed by atoms with Crippen LogP contribution in [0.3, 0.4) is 0 Å². The Labute approximate surface area is 123 Å². The van der Waals surface area contributed by atoms with E-state index in [-0.39, 0.29) is 12.6 Å². The summed E-state index contributed by atoms with van der Waals surface area (Å²) in [5, 5.41) is 3.05. The Morgan fingerprint density at radius 2 is 1.86 bits per heavy atom. The lowest BCUT2D eigenvalue weighted by Gasteiger charge is -2.02. The SMILES string of the molecule is Cc1ccc(C(=O)/C=C\Nc2ccc3c(c2)OCO3)cc1. The van der Waals surface area contributed by atoms with Crippen molar-refractivity contribution in [3.8, 4) is 11.5 Å². The number of anilines is 1. The zero-order valence-electron chi connectivity index (χ0n) is 11.6. The summed E-state index contributed by atoms with van der Waals surface area (Å²) in [5.74, 6) is 1.40. The van der Waals surface area contributed by atoms with E-state index >= 15 is 0 Å². The molecular weight excluding hydrogens is 266 g/mol. The number of ketones is 1. The van der Waals surface area contributed by atoms with Crippen LogP contribution in [0.15, 0.2) is 54.7 Å². The minimum Gasteiger partial charge on any atom is -0.454 e. The summed E-state index contributed by atoms with van der Waals surface area (Å²) in [6.07, 6.45) is 3.13. The largest absolute Gasteiger partial charge is 0.454 e. The minimum atomic E-state index is -0.0387. The quantitative estimate of drug-likeness (QED) is 0.688. The van der Waals surface area contributed by atoms with Crippen molar-refractivity contribution in [1.82, 2.24) is 0 Å². The number of rotatable bonds is 4. The normalized spacial score (nSPS) is 12.6. The molecule has 1 N–H and O–H groups in total. The van der Waals surface area contributed by atoms with Gasteiger partial charge in [-0.2, -0.15) is 0 Å². The maximum absolute atomic E-state index is 12.0. The molecule has 21 heavy (non-hydrogen) atoms. The van der Waals surface area contributed by atoms with Crippen LogP contribution in [0.2, 0.25) is 0 Å². The molecule has 0 saturated heterocycles. The summed E-state index contributed by atoms with van der Waals surface area (Å²) < 4.78 is 10.5. The van der Waals surface area contributed by atoms with Gasteiger partial charge in [-0.3, -0.25) is 4.79 Å². The molecule has 0 radical (unpaired) electrons. The molecular formula is C17H15NO3. The zero-order valence-corrected chi connectivity index (χ0v) is 11.6. The van der Waals surface area contributed by atoms with E-state index in [1.165, 1.54) is 6.08 Å². The second kappa shape index (κ2) is 5.71. The van der Waals surface area contributed by atoms with Crippen LogP contribution in [0.5, 0.6) is 11.5 Å². The van der Waals surface area contributed by atoms with Gasteiger partial charge in [-0.05, 0) is 19.1 Å². The molecule has 2 aromatic carbocycles. The Kier molecular flexibility index (Phi) is 3.60. The van der Waals surface area contributed by atoms with Crippen molar-refractivity contribution in [1.29, 1.82) is 0 Å². The molecule has 2 aromatic rings. The first-order valence-electron chi connectivity index (χ1n) is 6.66. The van der Waals surface area contributed by atoms with Crippen LogP contribution < -0.4 is 14.8 Å². The first-order chi connectivity index (χ1) is 10.2. The predicted molar refractivity (Wildman–Crippen MR) is 80.8 cm³/mol. The van der Waals surface area contributed by atoms with Crippen molar-refractivity contribution in [2.24, 2.45) is 0 Å². The molecule has 4 heteroatoms. The van der Waals surface area contributed by atoms with Crippen molar-refractivity contribution in [3.63, 3.8) is 0 Å². The van der Waals surface area contributed by atoms with Crippen molar-refractivity contribution in [3.05, 3.63) is 65.9 Å². The topological polar surface area (TPSA) is 47.6 Å². The number of nitrogens with one attached hydrogen (secondary N) is 1. The molecule has 0 aromatic heterocycles. The van der Waals surface area contributed by atoms with Gasteiger partial charge in [0.05, 0.1) is 0 Å². The Hall–Kier alpha value is -2.75. The zero-order chi connectivity index (χ0) is 14.7. The van der Waals surface area contributed by atoms with Crippen molar-refractivity contribution in [2.75, 3.05) is 12.1 Å². The monoisotopic (exact) mass is 281 g/mol. The van der Waals surface area contributed by atoms with E-state index in [0.29, 0.717) is 11.3 Å². The van der Waals surface area contributed by atoms with E-state index in [1.807, 2.05) is 49.4 Å². The highest BCUT2D eigenvalue weighted by molar-refractivity contribution is 6.04. The lowest BCUT2D eigenvalue weighted by Crippen LogP contribution is -1.96. The van der Waals surface area contributed by atoms with Gasteiger partial charge in [-0.1, -0.05) is 29.8 Å². The Morgan fingerprint density at radius 3 is 2.67 bits per heavy atom. The third-order valence-corrected chi connectivity index (χ3v) is 3.19. The molecule has 0 spiro atoms. The van der Waals surface area contributed by atoms with Gasteiger partial charge in [-0.25, -0.2) is 0 Å². The van der Waals surface area contributed by atoms with Crippen molar-refractivity contribution < 1.29 is 14.3 Å². The van der Waals surface area contributed by atoms with Crippen LogP contribution in [-0.2, 0) is 0 Å². The van der Waals surface area contributed by atoms with Gasteiger partial charge in [0.2, 0.25) is 6.79 Å². The molecule has 0 amide bonds. The van der Waals surface area contributed by atoms with E-state index in [4.69, 9.17) is 9.47 Å². The predicted octanol–water partition coefficient (Wildman–Crippen LogP) is 3.53. The number of ether oxygens (including phenoxy) is 2. The van der Waals surface area contributed by atoms with Gasteiger partial charge in [0.15, 0.2) is 17.3 Å². The third-order valence-electron chi connectivity index (χ3n) is 3.19. The summed E-state index contributed by atoms with van der Waals surface area (Å²) in [4.78, 5) is 12.0. The maximum Gasteiger partial charge on any atom is 0.231 e. The molecule has 0 saturated carbocycles. The number of fused-ring (bicyclic) bond motifs is 1. The first kappa shape index (κ1) is 13.2. The van der Waals surface area contributed by atoms with Crippen LogP contribution in [0.4, 0.5) is 5.69 Å². The lowest BCUT2D eigenvalue weighted by molar-refractivity contribution is 0.104. The Bertz CT molecular complexity index is 690. The van der Waals surface area contributed by atoms with Crippen LogP contribution in [0.25, 0.3) is 0 Å². The highest BCUT2D eigenvalue weighted by Crippen LogP contribution is 2.34. The molecule has 0 bridgehead atoms. The fourth-order valence-electron chi connectivity index (χ4n) is 2.01. The Balaban J connectivity index is 1.64. The molecule has 1 aliphatic heterocycles. The molecule has 0 fully saturated rings. The third kappa shape index (κ3) is 3.05. The number of allylic oxidation sites excluding steroid dienone is 1. The number of benzene rings is 2. The number of carbonyl (C=O) groups is 1. The summed E-state index contributed by atoms with van der Waals surface area (Å²) >= 11 is 0. The van der Waals surface area contributed by atoms with Crippen LogP contribution in [0.1, 0.15) is 15.9 Å². The van der Waals surface area contributed by atoms with Gasteiger partial charge in [0.25, 0.3) is 0 Å². The van der Waals surface area contributed by atoms with Crippen LogP contribution in [0, 0.1) is 6.92 Å². The minimum absolute atomic E-state index is 0.0387. The fourth-order valence-corrected chi connectivity index (χ4v) is 2.01. The summed E-state index contributed by atoms with van der Waals surface area (Å²) in [7, 11) is 0. The highest BCUT2D eigenvalue weighted by Gasteiger charge is 2.12. The standard InChI is InChI=1S/C17H15NO3/c1-12-2-4-13(5-3-12)15(19)8-9-18-14-6-7-16-17(10-14)21-11-20-16/h2-10,18H,11H2,1H3/b9-8-. The second-order valence-corrected chi connectivity index (χ2v) is 4.78. The van der Waals surface area contributed by atoms with Gasteiger partial charge < -0.3 is 14.8 Å². The molecule has 106 valence electrons. The molecule has 3 rings (SSSR count). The number of aryl methyl sites for hydroxylation is 1. The van der Waals surface area contributed by atoms with E-state index in [1.54, 1.807) is 6.20 Å². The first-order valence-corrected chi connectivity index (χ1v) is 6.66. The van der Waals surface area contributed by atoms with Crippen molar-refractivity contribution in [2.45, 2.75) is 6.92 Å². The second-order valence-electron chi connectivity index (χ2n) is 4.78. The molecule has 0 aliphatic carbocycles. The molecule has 0 unspecified atom stereocenters. The summed E-state index contributed by atoms with van der Waals surface area (Å²) in [6.45, 7) is 2.24. The van der Waals surface area contributed by atoms with E-state index in [2.05, 4.69) is 5.32 Å². The van der Waals surface area contributed by atoms with E-state index in [0.717, 1.165) is 17.0 Å². The van der Waals surface area contributed by atoms with Crippen LogP contribution in [-0.4, -0.2) is 12.6 Å². The van der Waals surface area contributed by atoms with Gasteiger partial charge in [0, 0.05) is 29.6 Å². The average molecular weight is 281 g/mol. The highest BCUT2D eigenvalue weighted by atomic mass is 16.7. The summed E-state index contributed by atoms with van der Waals surface area (Å²) in [6, 6.07) is 13.0. The lowest BCUT2D eigenvalue weighted by atomic mass is 10.1. The number of carbonyl (C=O) groups excluding carboxylic acids is 1. The smallest absolute Gasteiger partial charge is 0.231 e. The van der Waals surface area contributed by atoms with Crippen molar-refractivity contribution >= 4 is 11.5 Å². The van der Waals surface area contributed by atoms with E-state index in [9.17, 15) is 4.79 Å². The average Bonchev–Trinajstić information content (AvgIpc) is 2.95. The fraction of sp³-hybridized carbons (Fsp3) is 0.118. The molecule has 0 atom stereocenters. The van der Waals surface area contributed by atoms with Gasteiger partial charge in [-0.15, -0.1) is 0 Å². The Morgan fingerprint density at radius 1 is 1.10 bits per heavy atom. The van der Waals surface area contributed by atoms with Gasteiger partial charge in [0.1, 0.15) is 0 Å². The summed E-state index contributed by atoms with van der Waals surface area (Å²) in [5.41, 5.74) is 2.64. The maximum atomic E-state index is 12.0. The molecule has 4 nitrogen and oxygen atoms in total. The molecule has 1 aliphatic rings. The number of hydrogen-bond donors (Lipinski definition) is 1. The number of hydrogen-bond acceptors (Lipinski definition) is 4. The van der Waals surface area contributed by atoms with E-state index < -0.39 is 0 Å². The van der Waals surface area contributed by atoms with Gasteiger partial charge >= 0.3 is 0 Å². The van der Waals surface area contributed by atoms with Crippen LogP contribution >= 0.6 is 0 Å².